The van der Waals surface area contributed by atoms with Crippen LogP contribution in [-0.4, -0.2) is 17.9 Å². The lowest BCUT2D eigenvalue weighted by atomic mass is 10.0. The zero-order valence-corrected chi connectivity index (χ0v) is 15.0. The molecule has 0 radical (unpaired) electrons. The summed E-state index contributed by atoms with van der Waals surface area (Å²) >= 11 is 0. The van der Waals surface area contributed by atoms with Gasteiger partial charge in [-0.15, -0.1) is 0 Å². The smallest absolute Gasteiger partial charge is 0.227 e. The highest BCUT2D eigenvalue weighted by molar-refractivity contribution is 5.95. The number of oxazole rings is 1. The summed E-state index contributed by atoms with van der Waals surface area (Å²) in [6.45, 7) is 1.56. The molecule has 5 nitrogen and oxygen atoms in total. The second-order valence-corrected chi connectivity index (χ2v) is 6.30. The predicted molar refractivity (Wildman–Crippen MR) is 106 cm³/mol. The molecule has 3 aromatic carbocycles. The summed E-state index contributed by atoms with van der Waals surface area (Å²) < 4.78 is 11.1. The molecule has 2 N–H and O–H groups in total. The van der Waals surface area contributed by atoms with Crippen LogP contribution < -0.4 is 10.5 Å². The Kier molecular flexibility index (Phi) is 4.12. The van der Waals surface area contributed by atoms with Gasteiger partial charge in [-0.25, -0.2) is 4.98 Å². The first-order valence-corrected chi connectivity index (χ1v) is 8.51. The number of methoxy groups -OCH3 is 1. The Hall–Kier alpha value is -3.60. The van der Waals surface area contributed by atoms with Crippen LogP contribution in [0.5, 0.6) is 5.75 Å². The molecule has 5 heteroatoms. The summed E-state index contributed by atoms with van der Waals surface area (Å²) in [4.78, 5) is 16.2. The minimum absolute atomic E-state index is 0.0405. The molecule has 0 aliphatic carbocycles. The molecule has 0 unspecified atom stereocenters. The number of carbonyl (C=O) groups is 1. The molecule has 0 aliphatic rings. The van der Waals surface area contributed by atoms with Crippen LogP contribution >= 0.6 is 0 Å². The number of nitrogens with two attached hydrogens (primary N) is 1. The zero-order valence-electron chi connectivity index (χ0n) is 15.0. The highest BCUT2D eigenvalue weighted by Gasteiger charge is 2.12. The minimum atomic E-state index is 0.0405. The largest absolute Gasteiger partial charge is 0.495 e. The maximum atomic E-state index is 11.6. The minimum Gasteiger partial charge on any atom is -0.495 e. The molecular weight excluding hydrogens is 340 g/mol. The molecular formula is C22H18N2O3. The molecule has 4 aromatic rings. The van der Waals surface area contributed by atoms with Gasteiger partial charge in [0.15, 0.2) is 11.4 Å². The normalized spacial score (nSPS) is 10.9. The van der Waals surface area contributed by atoms with Crippen LogP contribution in [0, 0.1) is 0 Å². The van der Waals surface area contributed by atoms with Gasteiger partial charge in [0.2, 0.25) is 5.89 Å². The standard InChI is InChI=1S/C22H18N2O3/c1-13(25)14-4-3-5-15(10-14)16-6-9-21-19(12-16)24-22(27-21)17-7-8-20(26-2)18(23)11-17/h3-12H,23H2,1-2H3. The quantitative estimate of drug-likeness (QED) is 0.412. The number of nitrogen functional groups attached to an aromatic ring is 1. The second kappa shape index (κ2) is 6.61. The molecule has 0 fully saturated rings. The molecule has 0 amide bonds. The third-order valence-electron chi connectivity index (χ3n) is 4.47. The van der Waals surface area contributed by atoms with Crippen molar-refractivity contribution in [2.75, 3.05) is 12.8 Å². The third-order valence-corrected chi connectivity index (χ3v) is 4.47. The first-order valence-electron chi connectivity index (χ1n) is 8.51. The van der Waals surface area contributed by atoms with E-state index in [4.69, 9.17) is 14.9 Å². The topological polar surface area (TPSA) is 78.3 Å². The second-order valence-electron chi connectivity index (χ2n) is 6.30. The Balaban J connectivity index is 1.75. The van der Waals surface area contributed by atoms with Gasteiger partial charge in [-0.05, 0) is 54.4 Å². The monoisotopic (exact) mass is 358 g/mol. The number of ketones is 1. The lowest BCUT2D eigenvalue weighted by Gasteiger charge is -2.04. The van der Waals surface area contributed by atoms with Crippen LogP contribution in [0.2, 0.25) is 0 Å². The van der Waals surface area contributed by atoms with E-state index in [1.54, 1.807) is 26.2 Å². The highest BCUT2D eigenvalue weighted by Crippen LogP contribution is 2.31. The molecule has 0 bridgehead atoms. The molecule has 0 spiro atoms. The van der Waals surface area contributed by atoms with E-state index in [-0.39, 0.29) is 5.78 Å². The number of carbonyl (C=O) groups excluding carboxylic acids is 1. The lowest BCUT2D eigenvalue weighted by Crippen LogP contribution is -1.92. The molecule has 0 aliphatic heterocycles. The Labute approximate surface area is 156 Å². The predicted octanol–water partition coefficient (Wildman–Crippen LogP) is 4.96. The number of fused-ring (bicyclic) bond motifs is 1. The number of Topliss-reactive ketones (excluding diaryl/α,β-unsaturated/α-hetero) is 1. The first kappa shape index (κ1) is 16.8. The zero-order chi connectivity index (χ0) is 19.0. The van der Waals surface area contributed by atoms with E-state index < -0.39 is 0 Å². The molecule has 0 saturated carbocycles. The summed E-state index contributed by atoms with van der Waals surface area (Å²) in [6.07, 6.45) is 0. The highest BCUT2D eigenvalue weighted by atomic mass is 16.5. The fourth-order valence-electron chi connectivity index (χ4n) is 3.02. The van der Waals surface area contributed by atoms with Crippen LogP contribution in [0.15, 0.2) is 65.1 Å². The van der Waals surface area contributed by atoms with Crippen molar-refractivity contribution in [2.45, 2.75) is 6.92 Å². The Bertz CT molecular complexity index is 1160. The van der Waals surface area contributed by atoms with Crippen molar-refractivity contribution in [1.82, 2.24) is 4.98 Å². The summed E-state index contributed by atoms with van der Waals surface area (Å²) in [5.41, 5.74) is 11.3. The van der Waals surface area contributed by atoms with E-state index in [1.807, 2.05) is 48.5 Å². The van der Waals surface area contributed by atoms with Gasteiger partial charge in [0, 0.05) is 11.1 Å². The Morgan fingerprint density at radius 2 is 1.78 bits per heavy atom. The SMILES string of the molecule is COc1ccc(-c2nc3cc(-c4cccc(C(C)=O)c4)ccc3o2)cc1N. The van der Waals surface area contributed by atoms with Crippen LogP contribution in [-0.2, 0) is 0 Å². The lowest BCUT2D eigenvalue weighted by molar-refractivity contribution is 0.101. The van der Waals surface area contributed by atoms with Crippen molar-refractivity contribution in [2.24, 2.45) is 0 Å². The maximum Gasteiger partial charge on any atom is 0.227 e. The van der Waals surface area contributed by atoms with Gasteiger partial charge in [-0.1, -0.05) is 24.3 Å². The van der Waals surface area contributed by atoms with Crippen molar-refractivity contribution in [1.29, 1.82) is 0 Å². The molecule has 27 heavy (non-hydrogen) atoms. The van der Waals surface area contributed by atoms with Gasteiger partial charge in [-0.3, -0.25) is 4.79 Å². The molecule has 1 aromatic heterocycles. The van der Waals surface area contributed by atoms with Gasteiger partial charge >= 0.3 is 0 Å². The maximum absolute atomic E-state index is 11.6. The fraction of sp³-hybridized carbons (Fsp3) is 0.0909. The van der Waals surface area contributed by atoms with Crippen molar-refractivity contribution in [3.8, 4) is 28.3 Å². The van der Waals surface area contributed by atoms with Gasteiger partial charge < -0.3 is 14.9 Å². The number of nitrogens with zero attached hydrogens (tertiary/aromatic N) is 1. The van der Waals surface area contributed by atoms with E-state index >= 15 is 0 Å². The summed E-state index contributed by atoms with van der Waals surface area (Å²) in [5, 5.41) is 0. The summed E-state index contributed by atoms with van der Waals surface area (Å²) in [7, 11) is 1.58. The average molecular weight is 358 g/mol. The van der Waals surface area contributed by atoms with Gasteiger partial charge in [0.1, 0.15) is 11.3 Å². The van der Waals surface area contributed by atoms with Crippen molar-refractivity contribution >= 4 is 22.6 Å². The summed E-state index contributed by atoms with van der Waals surface area (Å²) in [5.74, 6) is 1.15. The molecule has 134 valence electrons. The number of hydrogen-bond acceptors (Lipinski definition) is 5. The van der Waals surface area contributed by atoms with Crippen molar-refractivity contribution in [3.05, 3.63) is 66.2 Å². The van der Waals surface area contributed by atoms with Gasteiger partial charge in [-0.2, -0.15) is 0 Å². The van der Waals surface area contributed by atoms with E-state index in [2.05, 4.69) is 4.98 Å². The van der Waals surface area contributed by atoms with Gasteiger partial charge in [0.05, 0.1) is 12.8 Å². The number of aromatic nitrogens is 1. The number of anilines is 1. The molecule has 0 saturated heterocycles. The molecule has 0 atom stereocenters. The van der Waals surface area contributed by atoms with Crippen LogP contribution in [0.25, 0.3) is 33.7 Å². The van der Waals surface area contributed by atoms with Crippen LogP contribution in [0.1, 0.15) is 17.3 Å². The van der Waals surface area contributed by atoms with E-state index in [0.717, 1.165) is 22.2 Å². The van der Waals surface area contributed by atoms with Crippen molar-refractivity contribution < 1.29 is 13.9 Å². The van der Waals surface area contributed by atoms with Crippen LogP contribution in [0.4, 0.5) is 5.69 Å². The number of benzene rings is 3. The Morgan fingerprint density at radius 3 is 2.52 bits per heavy atom. The number of rotatable bonds is 4. The van der Waals surface area contributed by atoms with Crippen LogP contribution in [0.3, 0.4) is 0 Å². The van der Waals surface area contributed by atoms with Crippen molar-refractivity contribution in [3.63, 3.8) is 0 Å². The first-order chi connectivity index (χ1) is 13.0. The van der Waals surface area contributed by atoms with E-state index in [9.17, 15) is 4.79 Å². The van der Waals surface area contributed by atoms with E-state index in [1.165, 1.54) is 0 Å². The van der Waals surface area contributed by atoms with Gasteiger partial charge in [0.25, 0.3) is 0 Å². The average Bonchev–Trinajstić information content (AvgIpc) is 3.11. The molecule has 1 heterocycles. The molecule has 4 rings (SSSR count). The Morgan fingerprint density at radius 1 is 1.00 bits per heavy atom. The number of ether oxygens (including phenoxy) is 1. The fourth-order valence-corrected chi connectivity index (χ4v) is 3.02. The third kappa shape index (κ3) is 3.15. The number of hydrogen-bond donors (Lipinski definition) is 1. The van der Waals surface area contributed by atoms with E-state index in [0.29, 0.717) is 28.5 Å². The summed E-state index contributed by atoms with van der Waals surface area (Å²) in [6, 6.07) is 18.8.